The average Bonchev–Trinajstić information content (AvgIpc) is 2.02. The number of rotatable bonds is 7. The fraction of sp³-hybridized carbons (Fsp3) is 0.727. The maximum absolute atomic E-state index is 10.7. The van der Waals surface area contributed by atoms with E-state index < -0.39 is 5.97 Å². The van der Waals surface area contributed by atoms with Crippen LogP contribution in [0.15, 0.2) is 12.7 Å². The Labute approximate surface area is 86.4 Å². The number of aliphatic carboxylic acids is 1. The third-order valence-electron chi connectivity index (χ3n) is 1.96. The Hall–Kier alpha value is -0.830. The normalized spacial score (nSPS) is 13.2. The molecule has 1 atom stereocenters. The molecular weight excluding hydrogens is 178 g/mol. The molecule has 82 valence electrons. The molecule has 0 aliphatic carbocycles. The van der Waals surface area contributed by atoms with Crippen molar-refractivity contribution >= 4 is 5.97 Å². The summed E-state index contributed by atoms with van der Waals surface area (Å²) in [6.45, 7) is 11.9. The molecule has 14 heavy (non-hydrogen) atoms. The lowest BCUT2D eigenvalue weighted by Gasteiger charge is -2.24. The monoisotopic (exact) mass is 199 g/mol. The van der Waals surface area contributed by atoms with E-state index in [1.807, 2.05) is 6.08 Å². The van der Waals surface area contributed by atoms with Crippen LogP contribution >= 0.6 is 0 Å². The van der Waals surface area contributed by atoms with Crippen molar-refractivity contribution in [3.8, 4) is 0 Å². The second kappa shape index (κ2) is 6.60. The van der Waals surface area contributed by atoms with Crippen molar-refractivity contribution in [3.05, 3.63) is 12.7 Å². The van der Waals surface area contributed by atoms with Gasteiger partial charge in [0.25, 0.3) is 0 Å². The van der Waals surface area contributed by atoms with Crippen molar-refractivity contribution in [2.75, 3.05) is 19.6 Å². The standard InChI is InChI=1S/C11H21NO2/c1-5-6-12(7-9(2)3)8-10(4)11(13)14/h5,9-10H,1,6-8H2,2-4H3,(H,13,14). The molecule has 3 nitrogen and oxygen atoms in total. The number of carbonyl (C=O) groups is 1. The van der Waals surface area contributed by atoms with Gasteiger partial charge in [0.1, 0.15) is 0 Å². The molecule has 1 unspecified atom stereocenters. The second-order valence-corrected chi connectivity index (χ2v) is 4.14. The van der Waals surface area contributed by atoms with Crippen molar-refractivity contribution in [3.63, 3.8) is 0 Å². The van der Waals surface area contributed by atoms with Gasteiger partial charge in [-0.1, -0.05) is 26.8 Å². The molecule has 0 radical (unpaired) electrons. The molecule has 0 bridgehead atoms. The number of nitrogens with zero attached hydrogens (tertiary/aromatic N) is 1. The van der Waals surface area contributed by atoms with Gasteiger partial charge in [0.2, 0.25) is 0 Å². The first kappa shape index (κ1) is 13.2. The van der Waals surface area contributed by atoms with Crippen LogP contribution in [0.5, 0.6) is 0 Å². The number of carboxylic acids is 1. The molecule has 0 heterocycles. The van der Waals surface area contributed by atoms with E-state index in [4.69, 9.17) is 5.11 Å². The molecular formula is C11H21NO2. The van der Waals surface area contributed by atoms with Crippen LogP contribution in [0.1, 0.15) is 20.8 Å². The Morgan fingerprint density at radius 3 is 2.36 bits per heavy atom. The van der Waals surface area contributed by atoms with Gasteiger partial charge in [0.05, 0.1) is 5.92 Å². The van der Waals surface area contributed by atoms with Gasteiger partial charge in [-0.2, -0.15) is 0 Å². The van der Waals surface area contributed by atoms with E-state index in [9.17, 15) is 4.79 Å². The summed E-state index contributed by atoms with van der Waals surface area (Å²) in [5.74, 6) is -0.493. The first-order valence-corrected chi connectivity index (χ1v) is 5.03. The lowest BCUT2D eigenvalue weighted by Crippen LogP contribution is -2.34. The molecule has 0 aliphatic rings. The lowest BCUT2D eigenvalue weighted by atomic mass is 10.1. The van der Waals surface area contributed by atoms with Crippen molar-refractivity contribution in [1.82, 2.24) is 4.90 Å². The smallest absolute Gasteiger partial charge is 0.307 e. The average molecular weight is 199 g/mol. The SMILES string of the molecule is C=CCN(CC(C)C)CC(C)C(=O)O. The van der Waals surface area contributed by atoms with Gasteiger partial charge in [-0.3, -0.25) is 9.69 Å². The third-order valence-corrected chi connectivity index (χ3v) is 1.96. The Balaban J connectivity index is 4.07. The molecule has 0 saturated heterocycles. The predicted octanol–water partition coefficient (Wildman–Crippen LogP) is 1.85. The summed E-state index contributed by atoms with van der Waals surface area (Å²) in [5, 5.41) is 8.78. The van der Waals surface area contributed by atoms with Crippen LogP contribution in [0.3, 0.4) is 0 Å². The molecule has 0 fully saturated rings. The minimum Gasteiger partial charge on any atom is -0.481 e. The minimum atomic E-state index is -0.734. The Bertz CT molecular complexity index is 190. The van der Waals surface area contributed by atoms with E-state index in [1.165, 1.54) is 0 Å². The summed E-state index contributed by atoms with van der Waals surface area (Å²) in [5.41, 5.74) is 0. The Morgan fingerprint density at radius 1 is 1.43 bits per heavy atom. The number of hydrogen-bond acceptors (Lipinski definition) is 2. The van der Waals surface area contributed by atoms with E-state index in [-0.39, 0.29) is 5.92 Å². The van der Waals surface area contributed by atoms with Gasteiger partial charge in [-0.05, 0) is 5.92 Å². The van der Waals surface area contributed by atoms with E-state index in [0.29, 0.717) is 12.5 Å². The highest BCUT2D eigenvalue weighted by Gasteiger charge is 2.15. The van der Waals surface area contributed by atoms with Gasteiger partial charge < -0.3 is 5.11 Å². The van der Waals surface area contributed by atoms with Crippen LogP contribution in [-0.2, 0) is 4.79 Å². The van der Waals surface area contributed by atoms with Crippen LogP contribution in [0, 0.1) is 11.8 Å². The van der Waals surface area contributed by atoms with E-state index in [1.54, 1.807) is 6.92 Å². The fourth-order valence-corrected chi connectivity index (χ4v) is 1.39. The first-order chi connectivity index (χ1) is 6.47. The van der Waals surface area contributed by atoms with Crippen molar-refractivity contribution in [1.29, 1.82) is 0 Å². The van der Waals surface area contributed by atoms with Gasteiger partial charge in [0, 0.05) is 19.6 Å². The molecule has 0 amide bonds. The van der Waals surface area contributed by atoms with Crippen molar-refractivity contribution in [2.45, 2.75) is 20.8 Å². The van der Waals surface area contributed by atoms with Gasteiger partial charge in [0.15, 0.2) is 0 Å². The molecule has 0 aromatic rings. The van der Waals surface area contributed by atoms with Gasteiger partial charge in [-0.15, -0.1) is 6.58 Å². The zero-order valence-electron chi connectivity index (χ0n) is 9.36. The number of carboxylic acid groups (broad SMARTS) is 1. The van der Waals surface area contributed by atoms with E-state index in [0.717, 1.165) is 13.1 Å². The van der Waals surface area contributed by atoms with Crippen molar-refractivity contribution < 1.29 is 9.90 Å². The lowest BCUT2D eigenvalue weighted by molar-refractivity contribution is -0.141. The minimum absolute atomic E-state index is 0.311. The molecule has 0 rings (SSSR count). The predicted molar refractivity (Wildman–Crippen MR) is 58.3 cm³/mol. The Morgan fingerprint density at radius 2 is 2.00 bits per heavy atom. The van der Waals surface area contributed by atoms with Crippen molar-refractivity contribution in [2.24, 2.45) is 11.8 Å². The summed E-state index contributed by atoms with van der Waals surface area (Å²) in [6.07, 6.45) is 1.82. The summed E-state index contributed by atoms with van der Waals surface area (Å²) in [4.78, 5) is 12.8. The largest absolute Gasteiger partial charge is 0.481 e. The summed E-state index contributed by atoms with van der Waals surface area (Å²) in [6, 6.07) is 0. The first-order valence-electron chi connectivity index (χ1n) is 5.03. The summed E-state index contributed by atoms with van der Waals surface area (Å²) in [7, 11) is 0. The van der Waals surface area contributed by atoms with Gasteiger partial charge >= 0.3 is 5.97 Å². The molecule has 0 saturated carbocycles. The van der Waals surface area contributed by atoms with Crippen LogP contribution in [0.2, 0.25) is 0 Å². The zero-order valence-corrected chi connectivity index (χ0v) is 9.36. The molecule has 0 spiro atoms. The highest BCUT2D eigenvalue weighted by atomic mass is 16.4. The van der Waals surface area contributed by atoms with Crippen LogP contribution in [0.4, 0.5) is 0 Å². The quantitative estimate of drug-likeness (QED) is 0.636. The number of hydrogen-bond donors (Lipinski definition) is 1. The van der Waals surface area contributed by atoms with Crippen LogP contribution in [-0.4, -0.2) is 35.6 Å². The summed E-state index contributed by atoms with van der Waals surface area (Å²) < 4.78 is 0. The summed E-state index contributed by atoms with van der Waals surface area (Å²) >= 11 is 0. The highest BCUT2D eigenvalue weighted by Crippen LogP contribution is 2.04. The fourth-order valence-electron chi connectivity index (χ4n) is 1.39. The Kier molecular flexibility index (Phi) is 6.21. The maximum Gasteiger partial charge on any atom is 0.307 e. The molecule has 0 aromatic carbocycles. The van der Waals surface area contributed by atoms with Gasteiger partial charge in [-0.25, -0.2) is 0 Å². The zero-order chi connectivity index (χ0) is 11.1. The molecule has 0 aromatic heterocycles. The maximum atomic E-state index is 10.7. The van der Waals surface area contributed by atoms with E-state index >= 15 is 0 Å². The topological polar surface area (TPSA) is 40.5 Å². The second-order valence-electron chi connectivity index (χ2n) is 4.14. The molecule has 1 N–H and O–H groups in total. The van der Waals surface area contributed by atoms with Crippen LogP contribution < -0.4 is 0 Å². The molecule has 3 heteroatoms. The third kappa shape index (κ3) is 5.75. The molecule has 0 aliphatic heterocycles. The highest BCUT2D eigenvalue weighted by molar-refractivity contribution is 5.69. The van der Waals surface area contributed by atoms with Crippen LogP contribution in [0.25, 0.3) is 0 Å². The van der Waals surface area contributed by atoms with E-state index in [2.05, 4.69) is 25.3 Å².